The van der Waals surface area contributed by atoms with Crippen molar-refractivity contribution in [1.29, 1.82) is 0 Å². The average molecular weight is 319 g/mol. The Kier molecular flexibility index (Phi) is 4.74. The highest BCUT2D eigenvalue weighted by molar-refractivity contribution is 9.10. The first-order valence-electron chi connectivity index (χ1n) is 6.16. The zero-order valence-corrected chi connectivity index (χ0v) is 12.0. The zero-order valence-electron chi connectivity index (χ0n) is 10.4. The summed E-state index contributed by atoms with van der Waals surface area (Å²) in [6.45, 7) is 0. The van der Waals surface area contributed by atoms with E-state index in [2.05, 4.69) is 15.9 Å². The maximum Gasteiger partial charge on any atom is 0.303 e. The summed E-state index contributed by atoms with van der Waals surface area (Å²) in [7, 11) is 0. The minimum absolute atomic E-state index is 0.0138. The van der Waals surface area contributed by atoms with Crippen LogP contribution in [0.1, 0.15) is 23.5 Å². The van der Waals surface area contributed by atoms with Crippen molar-refractivity contribution in [2.75, 3.05) is 0 Å². The molecule has 0 spiro atoms. The van der Waals surface area contributed by atoms with Gasteiger partial charge in [0.2, 0.25) is 0 Å². The van der Waals surface area contributed by atoms with Crippen LogP contribution in [0.2, 0.25) is 0 Å². The summed E-state index contributed by atoms with van der Waals surface area (Å²) >= 11 is 3.40. The van der Waals surface area contributed by atoms with Gasteiger partial charge in [-0.3, -0.25) is 4.79 Å². The van der Waals surface area contributed by atoms with E-state index in [1.165, 1.54) is 0 Å². The zero-order chi connectivity index (χ0) is 13.7. The van der Waals surface area contributed by atoms with E-state index in [0.717, 1.165) is 22.0 Å². The molecule has 3 heteroatoms. The van der Waals surface area contributed by atoms with Gasteiger partial charge in [0, 0.05) is 4.47 Å². The first kappa shape index (κ1) is 13.8. The van der Waals surface area contributed by atoms with E-state index < -0.39 is 5.97 Å². The van der Waals surface area contributed by atoms with Crippen LogP contribution < -0.4 is 0 Å². The molecule has 2 rings (SSSR count). The molecular formula is C16H15BrO2. The molecule has 1 unspecified atom stereocenters. The average Bonchev–Trinajstić information content (AvgIpc) is 2.41. The van der Waals surface area contributed by atoms with Gasteiger partial charge in [-0.05, 0) is 35.6 Å². The Bertz CT molecular complexity index is 534. The van der Waals surface area contributed by atoms with Gasteiger partial charge < -0.3 is 5.11 Å². The van der Waals surface area contributed by atoms with Crippen molar-refractivity contribution < 1.29 is 9.90 Å². The Morgan fingerprint density at radius 3 is 2.26 bits per heavy atom. The number of carboxylic acid groups (broad SMARTS) is 1. The van der Waals surface area contributed by atoms with Gasteiger partial charge in [-0.1, -0.05) is 58.4 Å². The minimum Gasteiger partial charge on any atom is -0.481 e. The third-order valence-electron chi connectivity index (χ3n) is 3.09. The van der Waals surface area contributed by atoms with E-state index in [9.17, 15) is 4.79 Å². The molecule has 19 heavy (non-hydrogen) atoms. The molecule has 0 radical (unpaired) electrons. The second kappa shape index (κ2) is 6.53. The number of rotatable bonds is 5. The number of halogens is 1. The molecular weight excluding hydrogens is 304 g/mol. The van der Waals surface area contributed by atoms with E-state index in [1.807, 2.05) is 54.6 Å². The van der Waals surface area contributed by atoms with Crippen molar-refractivity contribution in [2.24, 2.45) is 0 Å². The highest BCUT2D eigenvalue weighted by atomic mass is 79.9. The van der Waals surface area contributed by atoms with Crippen LogP contribution in [-0.4, -0.2) is 11.1 Å². The van der Waals surface area contributed by atoms with Gasteiger partial charge in [-0.25, -0.2) is 0 Å². The number of benzene rings is 2. The number of hydrogen-bond acceptors (Lipinski definition) is 1. The standard InChI is InChI=1S/C16H15BrO2/c17-15-8-6-12(7-9-15)10-14(11-16(18)19)13-4-2-1-3-5-13/h1-9,14H,10-11H2,(H,18,19). The topological polar surface area (TPSA) is 37.3 Å². The molecule has 98 valence electrons. The molecule has 0 fully saturated rings. The molecule has 0 saturated carbocycles. The summed E-state index contributed by atoms with van der Waals surface area (Å²) in [6, 6.07) is 17.9. The van der Waals surface area contributed by atoms with Crippen LogP contribution in [0.3, 0.4) is 0 Å². The Hall–Kier alpha value is -1.61. The van der Waals surface area contributed by atoms with Gasteiger partial charge >= 0.3 is 5.97 Å². The smallest absolute Gasteiger partial charge is 0.303 e. The molecule has 0 aliphatic heterocycles. The van der Waals surface area contributed by atoms with Crippen LogP contribution in [0, 0.1) is 0 Å². The lowest BCUT2D eigenvalue weighted by atomic mass is 9.89. The fraction of sp³-hybridized carbons (Fsp3) is 0.188. The van der Waals surface area contributed by atoms with Crippen molar-refractivity contribution in [3.63, 3.8) is 0 Å². The molecule has 0 aliphatic carbocycles. The van der Waals surface area contributed by atoms with Crippen LogP contribution in [0.5, 0.6) is 0 Å². The van der Waals surface area contributed by atoms with Crippen molar-refractivity contribution >= 4 is 21.9 Å². The fourth-order valence-electron chi connectivity index (χ4n) is 2.15. The maximum absolute atomic E-state index is 11.0. The van der Waals surface area contributed by atoms with Gasteiger partial charge in [0.05, 0.1) is 6.42 Å². The van der Waals surface area contributed by atoms with Gasteiger partial charge in [-0.2, -0.15) is 0 Å². The van der Waals surface area contributed by atoms with Gasteiger partial charge in [0.15, 0.2) is 0 Å². The Labute approximate surface area is 121 Å². The minimum atomic E-state index is -0.758. The lowest BCUT2D eigenvalue weighted by Crippen LogP contribution is -2.09. The van der Waals surface area contributed by atoms with Crippen LogP contribution in [-0.2, 0) is 11.2 Å². The predicted molar refractivity (Wildman–Crippen MR) is 79.3 cm³/mol. The summed E-state index contributed by atoms with van der Waals surface area (Å²) in [4.78, 5) is 11.0. The predicted octanol–water partition coefficient (Wildman–Crippen LogP) is 4.25. The van der Waals surface area contributed by atoms with E-state index in [-0.39, 0.29) is 12.3 Å². The van der Waals surface area contributed by atoms with Gasteiger partial charge in [0.25, 0.3) is 0 Å². The van der Waals surface area contributed by atoms with E-state index in [4.69, 9.17) is 5.11 Å². The second-order valence-corrected chi connectivity index (χ2v) is 5.45. The SMILES string of the molecule is O=C(O)CC(Cc1ccc(Br)cc1)c1ccccc1. The first-order valence-corrected chi connectivity index (χ1v) is 6.95. The largest absolute Gasteiger partial charge is 0.481 e. The van der Waals surface area contributed by atoms with E-state index in [1.54, 1.807) is 0 Å². The van der Waals surface area contributed by atoms with Gasteiger partial charge in [0.1, 0.15) is 0 Å². The summed E-state index contributed by atoms with van der Waals surface area (Å²) in [5.41, 5.74) is 2.23. The van der Waals surface area contributed by atoms with Gasteiger partial charge in [-0.15, -0.1) is 0 Å². The lowest BCUT2D eigenvalue weighted by Gasteiger charge is -2.15. The summed E-state index contributed by atoms with van der Waals surface area (Å²) in [6.07, 6.45) is 0.893. The number of carbonyl (C=O) groups is 1. The summed E-state index contributed by atoms with van der Waals surface area (Å²) in [5, 5.41) is 9.06. The molecule has 0 amide bonds. The number of hydrogen-bond donors (Lipinski definition) is 1. The number of aliphatic carboxylic acids is 1. The molecule has 2 nitrogen and oxygen atoms in total. The monoisotopic (exact) mass is 318 g/mol. The molecule has 0 heterocycles. The van der Waals surface area contributed by atoms with Crippen LogP contribution in [0.4, 0.5) is 0 Å². The molecule has 0 aromatic heterocycles. The Balaban J connectivity index is 2.19. The molecule has 1 N–H and O–H groups in total. The Morgan fingerprint density at radius 1 is 1.05 bits per heavy atom. The maximum atomic E-state index is 11.0. The fourth-order valence-corrected chi connectivity index (χ4v) is 2.41. The summed E-state index contributed by atoms with van der Waals surface area (Å²) < 4.78 is 1.03. The van der Waals surface area contributed by atoms with E-state index >= 15 is 0 Å². The third-order valence-corrected chi connectivity index (χ3v) is 3.62. The van der Waals surface area contributed by atoms with Crippen molar-refractivity contribution in [1.82, 2.24) is 0 Å². The van der Waals surface area contributed by atoms with Crippen LogP contribution in [0.25, 0.3) is 0 Å². The summed E-state index contributed by atoms with van der Waals surface area (Å²) in [5.74, 6) is -0.745. The second-order valence-electron chi connectivity index (χ2n) is 4.54. The lowest BCUT2D eigenvalue weighted by molar-refractivity contribution is -0.137. The van der Waals surface area contributed by atoms with Crippen molar-refractivity contribution in [3.05, 3.63) is 70.2 Å². The number of carboxylic acids is 1. The van der Waals surface area contributed by atoms with Crippen molar-refractivity contribution in [2.45, 2.75) is 18.8 Å². The molecule has 0 saturated heterocycles. The molecule has 2 aromatic rings. The normalized spacial score (nSPS) is 12.1. The van der Waals surface area contributed by atoms with Crippen molar-refractivity contribution in [3.8, 4) is 0 Å². The third kappa shape index (κ3) is 4.21. The Morgan fingerprint density at radius 2 is 1.68 bits per heavy atom. The quantitative estimate of drug-likeness (QED) is 0.894. The van der Waals surface area contributed by atoms with E-state index in [0.29, 0.717) is 0 Å². The molecule has 2 aromatic carbocycles. The van der Waals surface area contributed by atoms with Crippen LogP contribution >= 0.6 is 15.9 Å². The van der Waals surface area contributed by atoms with Crippen LogP contribution in [0.15, 0.2) is 59.1 Å². The first-order chi connectivity index (χ1) is 9.15. The molecule has 1 atom stereocenters. The molecule has 0 aliphatic rings. The highest BCUT2D eigenvalue weighted by Crippen LogP contribution is 2.25. The highest BCUT2D eigenvalue weighted by Gasteiger charge is 2.15. The molecule has 0 bridgehead atoms.